The number of carbonyl (C=O) groups is 1. The van der Waals surface area contributed by atoms with Crippen molar-refractivity contribution in [2.45, 2.75) is 31.7 Å². The predicted octanol–water partition coefficient (Wildman–Crippen LogP) is 1.24. The van der Waals surface area contributed by atoms with Crippen molar-refractivity contribution in [1.82, 2.24) is 9.78 Å². The number of hydrogen-bond donors (Lipinski definition) is 1. The number of aliphatic carboxylic acids is 1. The van der Waals surface area contributed by atoms with Crippen LogP contribution in [0.15, 0.2) is 12.4 Å². The Morgan fingerprint density at radius 3 is 3.08 bits per heavy atom. The fraction of sp³-hybridized carbons (Fsp3) is 0.556. The minimum absolute atomic E-state index is 0.191. The zero-order chi connectivity index (χ0) is 9.26. The number of hydrogen-bond acceptors (Lipinski definition) is 2. The largest absolute Gasteiger partial charge is 0.481 e. The molecule has 1 heterocycles. The Morgan fingerprint density at radius 2 is 2.46 bits per heavy atom. The fourth-order valence-electron chi connectivity index (χ4n) is 1.30. The Balaban J connectivity index is 1.92. The maximum atomic E-state index is 10.3. The lowest BCUT2D eigenvalue weighted by Gasteiger charge is -1.93. The highest BCUT2D eigenvalue weighted by molar-refractivity contribution is 5.67. The number of rotatable bonds is 4. The number of carboxylic acid groups (broad SMARTS) is 1. The highest BCUT2D eigenvalue weighted by Gasteiger charge is 2.24. The molecule has 0 radical (unpaired) electrons. The van der Waals surface area contributed by atoms with Crippen molar-refractivity contribution in [3.8, 4) is 0 Å². The van der Waals surface area contributed by atoms with Gasteiger partial charge in [-0.3, -0.25) is 9.48 Å². The molecule has 0 aliphatic heterocycles. The van der Waals surface area contributed by atoms with Gasteiger partial charge in [-0.15, -0.1) is 0 Å². The summed E-state index contributed by atoms with van der Waals surface area (Å²) in [5.74, 6) is -0.751. The van der Waals surface area contributed by atoms with Crippen LogP contribution in [-0.4, -0.2) is 20.9 Å². The first kappa shape index (κ1) is 8.29. The predicted molar refractivity (Wildman–Crippen MR) is 46.5 cm³/mol. The van der Waals surface area contributed by atoms with Gasteiger partial charge in [0.2, 0.25) is 0 Å². The maximum absolute atomic E-state index is 10.3. The standard InChI is InChI=1S/C9H12N2O2/c12-9(13)4-1-7-5-10-11(6-7)8-2-3-8/h5-6,8H,1-4H2,(H,12,13). The van der Waals surface area contributed by atoms with E-state index < -0.39 is 5.97 Å². The Morgan fingerprint density at radius 1 is 1.69 bits per heavy atom. The van der Waals surface area contributed by atoms with Gasteiger partial charge in [-0.2, -0.15) is 5.10 Å². The molecule has 4 heteroatoms. The highest BCUT2D eigenvalue weighted by atomic mass is 16.4. The normalized spacial score (nSPS) is 16.0. The molecule has 1 aromatic heterocycles. The molecule has 0 bridgehead atoms. The van der Waals surface area contributed by atoms with E-state index in [0.717, 1.165) is 5.56 Å². The summed E-state index contributed by atoms with van der Waals surface area (Å²) in [5.41, 5.74) is 1.02. The van der Waals surface area contributed by atoms with Crippen LogP contribution < -0.4 is 0 Å². The molecule has 1 aliphatic rings. The molecule has 2 rings (SSSR count). The van der Waals surface area contributed by atoms with E-state index in [-0.39, 0.29) is 6.42 Å². The van der Waals surface area contributed by atoms with Gasteiger partial charge in [-0.25, -0.2) is 0 Å². The van der Waals surface area contributed by atoms with Crippen molar-refractivity contribution < 1.29 is 9.90 Å². The van der Waals surface area contributed by atoms with Crippen LogP contribution in [0, 0.1) is 0 Å². The summed E-state index contributed by atoms with van der Waals surface area (Å²) in [4.78, 5) is 10.3. The quantitative estimate of drug-likeness (QED) is 0.758. The smallest absolute Gasteiger partial charge is 0.303 e. The third-order valence-electron chi connectivity index (χ3n) is 2.20. The van der Waals surface area contributed by atoms with Crippen LogP contribution in [-0.2, 0) is 11.2 Å². The molecule has 1 aliphatic carbocycles. The Bertz CT molecular complexity index is 315. The third-order valence-corrected chi connectivity index (χ3v) is 2.20. The van der Waals surface area contributed by atoms with Gasteiger partial charge in [0, 0.05) is 12.6 Å². The Labute approximate surface area is 76.2 Å². The first-order valence-corrected chi connectivity index (χ1v) is 4.50. The first-order valence-electron chi connectivity index (χ1n) is 4.50. The molecular formula is C9H12N2O2. The fourth-order valence-corrected chi connectivity index (χ4v) is 1.30. The van der Waals surface area contributed by atoms with E-state index in [1.54, 1.807) is 6.20 Å². The van der Waals surface area contributed by atoms with Crippen LogP contribution in [0.5, 0.6) is 0 Å². The molecular weight excluding hydrogens is 168 g/mol. The number of aryl methyl sites for hydroxylation is 1. The Kier molecular flexibility index (Phi) is 2.04. The van der Waals surface area contributed by atoms with E-state index in [1.165, 1.54) is 12.8 Å². The zero-order valence-corrected chi connectivity index (χ0v) is 7.31. The summed E-state index contributed by atoms with van der Waals surface area (Å²) < 4.78 is 1.94. The molecule has 0 unspecified atom stereocenters. The van der Waals surface area contributed by atoms with Gasteiger partial charge in [-0.05, 0) is 24.8 Å². The van der Waals surface area contributed by atoms with Crippen LogP contribution in [0.4, 0.5) is 0 Å². The van der Waals surface area contributed by atoms with Gasteiger partial charge < -0.3 is 5.11 Å². The van der Waals surface area contributed by atoms with E-state index in [9.17, 15) is 4.79 Å². The summed E-state index contributed by atoms with van der Waals surface area (Å²) in [7, 11) is 0. The van der Waals surface area contributed by atoms with Gasteiger partial charge in [0.25, 0.3) is 0 Å². The lowest BCUT2D eigenvalue weighted by atomic mass is 10.2. The van der Waals surface area contributed by atoms with Crippen LogP contribution in [0.25, 0.3) is 0 Å². The molecule has 0 atom stereocenters. The maximum Gasteiger partial charge on any atom is 0.303 e. The summed E-state index contributed by atoms with van der Waals surface area (Å²) in [6, 6.07) is 0.582. The lowest BCUT2D eigenvalue weighted by Crippen LogP contribution is -1.96. The van der Waals surface area contributed by atoms with Gasteiger partial charge in [-0.1, -0.05) is 0 Å². The van der Waals surface area contributed by atoms with Crippen LogP contribution in [0.2, 0.25) is 0 Å². The molecule has 0 spiro atoms. The van der Waals surface area contributed by atoms with Crippen molar-refractivity contribution in [3.63, 3.8) is 0 Å². The summed E-state index contributed by atoms with van der Waals surface area (Å²) in [5, 5.41) is 12.7. The van der Waals surface area contributed by atoms with Crippen molar-refractivity contribution in [2.75, 3.05) is 0 Å². The molecule has 1 fully saturated rings. The van der Waals surface area contributed by atoms with E-state index in [4.69, 9.17) is 5.11 Å². The van der Waals surface area contributed by atoms with Gasteiger partial charge in [0.1, 0.15) is 0 Å². The molecule has 70 valence electrons. The summed E-state index contributed by atoms with van der Waals surface area (Å²) >= 11 is 0. The van der Waals surface area contributed by atoms with E-state index in [0.29, 0.717) is 12.5 Å². The first-order chi connectivity index (χ1) is 6.25. The molecule has 13 heavy (non-hydrogen) atoms. The van der Waals surface area contributed by atoms with Crippen molar-refractivity contribution in [1.29, 1.82) is 0 Å². The van der Waals surface area contributed by atoms with Crippen molar-refractivity contribution in [3.05, 3.63) is 18.0 Å². The van der Waals surface area contributed by atoms with E-state index in [2.05, 4.69) is 5.10 Å². The molecule has 1 N–H and O–H groups in total. The number of carboxylic acids is 1. The molecule has 0 saturated heterocycles. The lowest BCUT2D eigenvalue weighted by molar-refractivity contribution is -0.136. The summed E-state index contributed by atoms with van der Waals surface area (Å²) in [6.07, 6.45) is 6.92. The van der Waals surface area contributed by atoms with Crippen LogP contribution >= 0.6 is 0 Å². The SMILES string of the molecule is O=C(O)CCc1cnn(C2CC2)c1. The number of aromatic nitrogens is 2. The molecule has 4 nitrogen and oxygen atoms in total. The average molecular weight is 180 g/mol. The second-order valence-electron chi connectivity index (χ2n) is 3.45. The molecule has 1 saturated carbocycles. The molecule has 0 amide bonds. The van der Waals surface area contributed by atoms with E-state index in [1.807, 2.05) is 10.9 Å². The Hall–Kier alpha value is -1.32. The monoisotopic (exact) mass is 180 g/mol. The zero-order valence-electron chi connectivity index (χ0n) is 7.31. The minimum Gasteiger partial charge on any atom is -0.481 e. The van der Waals surface area contributed by atoms with Crippen molar-refractivity contribution >= 4 is 5.97 Å². The minimum atomic E-state index is -0.751. The van der Waals surface area contributed by atoms with Gasteiger partial charge in [0.15, 0.2) is 0 Å². The molecule has 1 aromatic rings. The van der Waals surface area contributed by atoms with Crippen LogP contribution in [0.3, 0.4) is 0 Å². The third kappa shape index (κ3) is 2.08. The topological polar surface area (TPSA) is 55.1 Å². The second kappa shape index (κ2) is 3.20. The van der Waals surface area contributed by atoms with Gasteiger partial charge >= 0.3 is 5.97 Å². The highest BCUT2D eigenvalue weighted by Crippen LogP contribution is 2.34. The molecule has 0 aromatic carbocycles. The number of nitrogens with zero attached hydrogens (tertiary/aromatic N) is 2. The second-order valence-corrected chi connectivity index (χ2v) is 3.45. The van der Waals surface area contributed by atoms with E-state index >= 15 is 0 Å². The van der Waals surface area contributed by atoms with Crippen molar-refractivity contribution in [2.24, 2.45) is 0 Å². The average Bonchev–Trinajstić information content (AvgIpc) is 2.83. The van der Waals surface area contributed by atoms with Crippen LogP contribution in [0.1, 0.15) is 30.9 Å². The summed E-state index contributed by atoms with van der Waals surface area (Å²) in [6.45, 7) is 0. The van der Waals surface area contributed by atoms with Gasteiger partial charge in [0.05, 0.1) is 12.2 Å².